The van der Waals surface area contributed by atoms with Crippen molar-refractivity contribution >= 4 is 38.9 Å². The predicted molar refractivity (Wildman–Crippen MR) is 70.8 cm³/mol. The van der Waals surface area contributed by atoms with Gasteiger partial charge < -0.3 is 10.4 Å². The van der Waals surface area contributed by atoms with Crippen LogP contribution in [0.2, 0.25) is 5.02 Å². The molecule has 2 aromatic rings. The molecule has 96 valence electrons. The van der Waals surface area contributed by atoms with Crippen molar-refractivity contribution in [2.24, 2.45) is 0 Å². The van der Waals surface area contributed by atoms with Gasteiger partial charge in [-0.25, -0.2) is 4.39 Å². The highest BCUT2D eigenvalue weighted by molar-refractivity contribution is 7.21. The lowest BCUT2D eigenvalue weighted by Gasteiger charge is -2.09. The van der Waals surface area contributed by atoms with E-state index in [9.17, 15) is 9.18 Å². The Bertz CT molecular complexity index is 599. The Hall–Kier alpha value is -1.17. The molecule has 0 saturated heterocycles. The summed E-state index contributed by atoms with van der Waals surface area (Å²) in [5, 5.41) is 12.5. The van der Waals surface area contributed by atoms with Crippen molar-refractivity contribution < 1.29 is 14.3 Å². The summed E-state index contributed by atoms with van der Waals surface area (Å²) in [4.78, 5) is 12.2. The van der Waals surface area contributed by atoms with Crippen molar-refractivity contribution in [1.29, 1.82) is 0 Å². The molecule has 2 N–H and O–H groups in total. The van der Waals surface area contributed by atoms with E-state index in [1.807, 2.05) is 0 Å². The van der Waals surface area contributed by atoms with Crippen molar-refractivity contribution in [3.05, 3.63) is 33.9 Å². The molecule has 0 bridgehead atoms. The largest absolute Gasteiger partial charge is 0.394 e. The Morgan fingerprint density at radius 2 is 2.33 bits per heavy atom. The van der Waals surface area contributed by atoms with Gasteiger partial charge in [0.1, 0.15) is 10.7 Å². The van der Waals surface area contributed by atoms with Crippen LogP contribution in [0.5, 0.6) is 0 Å². The van der Waals surface area contributed by atoms with Crippen LogP contribution in [0.3, 0.4) is 0 Å². The number of carbonyl (C=O) groups is 1. The first-order valence-electron chi connectivity index (χ1n) is 5.32. The zero-order valence-corrected chi connectivity index (χ0v) is 11.1. The first kappa shape index (κ1) is 13.3. The molecule has 18 heavy (non-hydrogen) atoms. The molecular weight excluding hydrogens is 277 g/mol. The number of benzene rings is 1. The van der Waals surface area contributed by atoms with Crippen LogP contribution >= 0.6 is 22.9 Å². The molecule has 0 aliphatic rings. The van der Waals surface area contributed by atoms with E-state index >= 15 is 0 Å². The van der Waals surface area contributed by atoms with Crippen LogP contribution in [0.25, 0.3) is 10.1 Å². The molecule has 0 aliphatic carbocycles. The number of aliphatic hydroxyl groups is 1. The summed E-state index contributed by atoms with van der Waals surface area (Å²) in [6, 6.07) is 3.85. The summed E-state index contributed by atoms with van der Waals surface area (Å²) >= 11 is 7.23. The fourth-order valence-corrected chi connectivity index (χ4v) is 2.97. The molecule has 0 fully saturated rings. The molecular formula is C12H11ClFNO2S. The number of amides is 1. The zero-order valence-electron chi connectivity index (χ0n) is 9.54. The van der Waals surface area contributed by atoms with Gasteiger partial charge in [0.25, 0.3) is 5.91 Å². The fourth-order valence-electron chi connectivity index (χ4n) is 1.52. The Labute approximate surface area is 112 Å². The molecule has 0 spiro atoms. The van der Waals surface area contributed by atoms with Gasteiger partial charge in [-0.3, -0.25) is 4.79 Å². The summed E-state index contributed by atoms with van der Waals surface area (Å²) in [5.74, 6) is -0.723. The normalized spacial score (nSPS) is 12.7. The number of rotatable bonds is 3. The molecule has 1 aromatic carbocycles. The third-order valence-corrected chi connectivity index (χ3v) is 4.11. The number of fused-ring (bicyclic) bond motifs is 1. The van der Waals surface area contributed by atoms with Gasteiger partial charge in [0, 0.05) is 16.1 Å². The molecule has 2 rings (SSSR count). The smallest absolute Gasteiger partial charge is 0.263 e. The fraction of sp³-hybridized carbons (Fsp3) is 0.250. The van der Waals surface area contributed by atoms with Gasteiger partial charge in [0.2, 0.25) is 0 Å². The first-order chi connectivity index (χ1) is 8.52. The highest BCUT2D eigenvalue weighted by Crippen LogP contribution is 2.35. The highest BCUT2D eigenvalue weighted by atomic mass is 35.5. The zero-order chi connectivity index (χ0) is 13.3. The summed E-state index contributed by atoms with van der Waals surface area (Å²) in [6.45, 7) is 1.53. The van der Waals surface area contributed by atoms with Gasteiger partial charge in [0.15, 0.2) is 0 Å². The number of hydrogen-bond acceptors (Lipinski definition) is 3. The van der Waals surface area contributed by atoms with Gasteiger partial charge in [-0.05, 0) is 25.1 Å². The van der Waals surface area contributed by atoms with Crippen molar-refractivity contribution in [1.82, 2.24) is 5.32 Å². The average molecular weight is 288 g/mol. The molecule has 1 atom stereocenters. The Morgan fingerprint density at radius 1 is 1.61 bits per heavy atom. The minimum absolute atomic E-state index is 0.150. The highest BCUT2D eigenvalue weighted by Gasteiger charge is 2.18. The Morgan fingerprint density at radius 3 is 3.00 bits per heavy atom. The van der Waals surface area contributed by atoms with E-state index in [-0.39, 0.29) is 24.4 Å². The molecule has 0 aliphatic heterocycles. The molecule has 0 unspecified atom stereocenters. The molecule has 6 heteroatoms. The van der Waals surface area contributed by atoms with Crippen LogP contribution in [0.1, 0.15) is 16.6 Å². The van der Waals surface area contributed by atoms with Gasteiger partial charge in [0.05, 0.1) is 11.6 Å². The summed E-state index contributed by atoms with van der Waals surface area (Å²) < 4.78 is 13.7. The maximum atomic E-state index is 13.1. The Balaban J connectivity index is 2.39. The van der Waals surface area contributed by atoms with E-state index in [1.165, 1.54) is 12.1 Å². The minimum Gasteiger partial charge on any atom is -0.394 e. The number of nitrogens with one attached hydrogen (secondary N) is 1. The molecule has 0 saturated carbocycles. The predicted octanol–water partition coefficient (Wildman–Crippen LogP) is 2.80. The van der Waals surface area contributed by atoms with Crippen molar-refractivity contribution in [2.45, 2.75) is 13.0 Å². The lowest BCUT2D eigenvalue weighted by Crippen LogP contribution is -2.34. The van der Waals surface area contributed by atoms with E-state index in [2.05, 4.69) is 5.32 Å². The van der Waals surface area contributed by atoms with E-state index in [0.717, 1.165) is 11.3 Å². The van der Waals surface area contributed by atoms with Crippen LogP contribution < -0.4 is 5.32 Å². The average Bonchev–Trinajstić information content (AvgIpc) is 2.66. The molecule has 3 nitrogen and oxygen atoms in total. The van der Waals surface area contributed by atoms with E-state index < -0.39 is 0 Å². The summed E-state index contributed by atoms with van der Waals surface area (Å²) in [7, 11) is 0. The number of thiophene rings is 1. The Kier molecular flexibility index (Phi) is 3.85. The summed E-state index contributed by atoms with van der Waals surface area (Å²) in [6.07, 6.45) is 0. The number of halogens is 2. The molecule has 1 amide bonds. The van der Waals surface area contributed by atoms with Gasteiger partial charge >= 0.3 is 0 Å². The first-order valence-corrected chi connectivity index (χ1v) is 6.51. The quantitative estimate of drug-likeness (QED) is 0.912. The third kappa shape index (κ3) is 2.48. The van der Waals surface area contributed by atoms with E-state index in [0.29, 0.717) is 20.0 Å². The standard InChI is InChI=1S/C12H11ClFNO2S/c1-6(5-16)15-12(17)11-10(13)8-3-2-7(14)4-9(8)18-11/h2-4,6,16H,5H2,1H3,(H,15,17)/t6-/m1/s1. The SMILES string of the molecule is C[C@H](CO)NC(=O)c1sc2cc(F)ccc2c1Cl. The second-order valence-electron chi connectivity index (χ2n) is 3.94. The third-order valence-electron chi connectivity index (χ3n) is 2.45. The van der Waals surface area contributed by atoms with E-state index in [4.69, 9.17) is 16.7 Å². The van der Waals surface area contributed by atoms with Crippen molar-refractivity contribution in [2.75, 3.05) is 6.61 Å². The maximum absolute atomic E-state index is 13.1. The molecule has 1 heterocycles. The number of aliphatic hydroxyl groups excluding tert-OH is 1. The van der Waals surface area contributed by atoms with Gasteiger partial charge in [-0.2, -0.15) is 0 Å². The molecule has 1 aromatic heterocycles. The maximum Gasteiger partial charge on any atom is 0.263 e. The monoisotopic (exact) mass is 287 g/mol. The second-order valence-corrected chi connectivity index (χ2v) is 5.37. The molecule has 0 radical (unpaired) electrons. The topological polar surface area (TPSA) is 49.3 Å². The number of hydrogen-bond donors (Lipinski definition) is 2. The van der Waals surface area contributed by atoms with Gasteiger partial charge in [-0.1, -0.05) is 11.6 Å². The lowest BCUT2D eigenvalue weighted by molar-refractivity contribution is 0.0926. The van der Waals surface area contributed by atoms with E-state index in [1.54, 1.807) is 13.0 Å². The van der Waals surface area contributed by atoms with Crippen LogP contribution in [-0.2, 0) is 0 Å². The van der Waals surface area contributed by atoms with Crippen LogP contribution in [0.15, 0.2) is 18.2 Å². The van der Waals surface area contributed by atoms with Crippen molar-refractivity contribution in [3.63, 3.8) is 0 Å². The van der Waals surface area contributed by atoms with Crippen molar-refractivity contribution in [3.8, 4) is 0 Å². The number of carbonyl (C=O) groups excluding carboxylic acids is 1. The minimum atomic E-state index is -0.365. The van der Waals surface area contributed by atoms with Crippen LogP contribution in [0.4, 0.5) is 4.39 Å². The van der Waals surface area contributed by atoms with Crippen LogP contribution in [-0.4, -0.2) is 23.7 Å². The summed E-state index contributed by atoms with van der Waals surface area (Å²) in [5.41, 5.74) is 0. The lowest BCUT2D eigenvalue weighted by atomic mass is 10.2. The second kappa shape index (κ2) is 5.22. The van der Waals surface area contributed by atoms with Crippen LogP contribution in [0, 0.1) is 5.82 Å². The van der Waals surface area contributed by atoms with Gasteiger partial charge in [-0.15, -0.1) is 11.3 Å².